The van der Waals surface area contributed by atoms with Gasteiger partial charge in [-0.25, -0.2) is 0 Å². The summed E-state index contributed by atoms with van der Waals surface area (Å²) < 4.78 is 12.1. The third-order valence-corrected chi connectivity index (χ3v) is 4.89. The SMILES string of the molecule is Cc1sccc1C=C(CN)B1OC(C)(C)C(C)(C)O1. The maximum absolute atomic E-state index is 6.04. The molecule has 1 aliphatic heterocycles. The molecule has 0 unspecified atom stereocenters. The third kappa shape index (κ3) is 2.79. The molecule has 5 heteroatoms. The minimum Gasteiger partial charge on any atom is -0.400 e. The summed E-state index contributed by atoms with van der Waals surface area (Å²) in [7, 11) is -0.353. The van der Waals surface area contributed by atoms with E-state index in [0.29, 0.717) is 6.54 Å². The Bertz CT molecular complexity index is 477. The second kappa shape index (κ2) is 5.06. The van der Waals surface area contributed by atoms with Crippen molar-refractivity contribution < 1.29 is 9.31 Å². The summed E-state index contributed by atoms with van der Waals surface area (Å²) in [5.41, 5.74) is 7.40. The van der Waals surface area contributed by atoms with E-state index >= 15 is 0 Å². The lowest BCUT2D eigenvalue weighted by molar-refractivity contribution is 0.00578. The van der Waals surface area contributed by atoms with E-state index in [1.54, 1.807) is 11.3 Å². The fourth-order valence-electron chi connectivity index (χ4n) is 1.96. The molecule has 0 aliphatic carbocycles. The monoisotopic (exact) mass is 279 g/mol. The number of thiophene rings is 1. The van der Waals surface area contributed by atoms with Crippen LogP contribution in [0.3, 0.4) is 0 Å². The van der Waals surface area contributed by atoms with Gasteiger partial charge in [0.1, 0.15) is 0 Å². The van der Waals surface area contributed by atoms with Crippen molar-refractivity contribution in [2.45, 2.75) is 45.8 Å². The van der Waals surface area contributed by atoms with Crippen LogP contribution in [0.4, 0.5) is 0 Å². The highest BCUT2D eigenvalue weighted by atomic mass is 32.1. The zero-order valence-corrected chi connectivity index (χ0v) is 13.1. The van der Waals surface area contributed by atoms with Crippen molar-refractivity contribution in [3.63, 3.8) is 0 Å². The van der Waals surface area contributed by atoms with Crippen molar-refractivity contribution in [2.75, 3.05) is 6.54 Å². The Labute approximate surface area is 119 Å². The van der Waals surface area contributed by atoms with Gasteiger partial charge in [0.25, 0.3) is 0 Å². The molecule has 0 aromatic carbocycles. The molecular formula is C14H22BNO2S. The predicted molar refractivity (Wildman–Crippen MR) is 82.2 cm³/mol. The lowest BCUT2D eigenvalue weighted by Crippen LogP contribution is -2.41. The van der Waals surface area contributed by atoms with Crippen molar-refractivity contribution in [3.05, 3.63) is 27.4 Å². The van der Waals surface area contributed by atoms with E-state index in [1.807, 2.05) is 0 Å². The van der Waals surface area contributed by atoms with Gasteiger partial charge >= 0.3 is 7.12 Å². The van der Waals surface area contributed by atoms with E-state index in [4.69, 9.17) is 15.0 Å². The Balaban J connectivity index is 2.26. The number of aryl methyl sites for hydroxylation is 1. The first kappa shape index (κ1) is 14.8. The number of nitrogens with two attached hydrogens (primary N) is 1. The molecule has 2 heterocycles. The second-order valence-electron chi connectivity index (χ2n) is 5.94. The number of rotatable bonds is 3. The van der Waals surface area contributed by atoms with E-state index in [0.717, 1.165) is 5.47 Å². The van der Waals surface area contributed by atoms with Crippen molar-refractivity contribution >= 4 is 24.5 Å². The molecule has 104 valence electrons. The molecule has 0 atom stereocenters. The van der Waals surface area contributed by atoms with E-state index in [1.165, 1.54) is 10.4 Å². The van der Waals surface area contributed by atoms with Crippen LogP contribution in [-0.4, -0.2) is 24.9 Å². The fraction of sp³-hybridized carbons (Fsp3) is 0.571. The molecular weight excluding hydrogens is 257 g/mol. The Kier molecular flexibility index (Phi) is 3.93. The van der Waals surface area contributed by atoms with Crippen LogP contribution in [0.5, 0.6) is 0 Å². The fourth-order valence-corrected chi connectivity index (χ4v) is 2.64. The van der Waals surface area contributed by atoms with Crippen molar-refractivity contribution in [1.29, 1.82) is 0 Å². The topological polar surface area (TPSA) is 44.5 Å². The minimum atomic E-state index is -0.353. The molecule has 1 aromatic rings. The molecule has 1 aliphatic rings. The minimum absolute atomic E-state index is 0.324. The number of hydrogen-bond acceptors (Lipinski definition) is 4. The lowest BCUT2D eigenvalue weighted by atomic mass is 9.77. The summed E-state index contributed by atoms with van der Waals surface area (Å²) in [6.07, 6.45) is 2.09. The summed E-state index contributed by atoms with van der Waals surface area (Å²) in [6.45, 7) is 10.8. The van der Waals surface area contributed by atoms with Crippen LogP contribution in [0.2, 0.25) is 0 Å². The first-order valence-electron chi connectivity index (χ1n) is 6.57. The molecule has 1 fully saturated rings. The molecule has 0 amide bonds. The van der Waals surface area contributed by atoms with E-state index in [2.05, 4.69) is 52.1 Å². The Morgan fingerprint density at radius 3 is 2.32 bits per heavy atom. The van der Waals surface area contributed by atoms with Crippen LogP contribution in [0.25, 0.3) is 6.08 Å². The lowest BCUT2D eigenvalue weighted by Gasteiger charge is -2.32. The van der Waals surface area contributed by atoms with Crippen LogP contribution < -0.4 is 5.73 Å². The van der Waals surface area contributed by atoms with Crippen molar-refractivity contribution in [1.82, 2.24) is 0 Å². The van der Waals surface area contributed by atoms with E-state index in [9.17, 15) is 0 Å². The van der Waals surface area contributed by atoms with Gasteiger partial charge in [-0.15, -0.1) is 11.3 Å². The van der Waals surface area contributed by atoms with Gasteiger partial charge in [-0.2, -0.15) is 0 Å². The first-order chi connectivity index (χ1) is 8.77. The van der Waals surface area contributed by atoms with Gasteiger partial charge in [0.15, 0.2) is 0 Å². The molecule has 2 rings (SSSR count). The van der Waals surface area contributed by atoms with Gasteiger partial charge in [-0.05, 0) is 57.1 Å². The largest absolute Gasteiger partial charge is 0.491 e. The van der Waals surface area contributed by atoms with Gasteiger partial charge in [0, 0.05) is 11.4 Å². The second-order valence-corrected chi connectivity index (χ2v) is 7.06. The quantitative estimate of drug-likeness (QED) is 0.865. The van der Waals surface area contributed by atoms with Gasteiger partial charge < -0.3 is 15.0 Å². The molecule has 3 nitrogen and oxygen atoms in total. The molecule has 1 saturated heterocycles. The van der Waals surface area contributed by atoms with Crippen molar-refractivity contribution in [3.8, 4) is 0 Å². The Morgan fingerprint density at radius 1 is 1.32 bits per heavy atom. The average molecular weight is 279 g/mol. The summed E-state index contributed by atoms with van der Waals surface area (Å²) in [6, 6.07) is 2.10. The van der Waals surface area contributed by atoms with Gasteiger partial charge in [0.2, 0.25) is 0 Å². The average Bonchev–Trinajstić information content (AvgIpc) is 2.78. The molecule has 19 heavy (non-hydrogen) atoms. The highest BCUT2D eigenvalue weighted by molar-refractivity contribution is 7.10. The standard InChI is InChI=1S/C14H22BNO2S/c1-10-11(6-7-19-10)8-12(9-16)15-17-13(2,3)14(4,5)18-15/h6-8H,9,16H2,1-5H3. The maximum Gasteiger partial charge on any atom is 0.491 e. The van der Waals surface area contributed by atoms with Crippen LogP contribution >= 0.6 is 11.3 Å². The highest BCUT2D eigenvalue weighted by Gasteiger charge is 2.52. The summed E-state index contributed by atoms with van der Waals surface area (Å²) in [4.78, 5) is 1.28. The molecule has 0 spiro atoms. The van der Waals surface area contributed by atoms with Crippen LogP contribution in [0.15, 0.2) is 16.9 Å². The van der Waals surface area contributed by atoms with Gasteiger partial charge in [0.05, 0.1) is 11.2 Å². The summed E-state index contributed by atoms with van der Waals surface area (Å²) >= 11 is 1.73. The highest BCUT2D eigenvalue weighted by Crippen LogP contribution is 2.38. The maximum atomic E-state index is 6.04. The van der Waals surface area contributed by atoms with Crippen LogP contribution in [0.1, 0.15) is 38.1 Å². The van der Waals surface area contributed by atoms with Crippen LogP contribution in [-0.2, 0) is 9.31 Å². The zero-order valence-electron chi connectivity index (χ0n) is 12.3. The molecule has 2 N–H and O–H groups in total. The van der Waals surface area contributed by atoms with E-state index in [-0.39, 0.29) is 18.3 Å². The Hall–Kier alpha value is -0.615. The summed E-state index contributed by atoms with van der Waals surface area (Å²) in [5.74, 6) is 0. The van der Waals surface area contributed by atoms with E-state index < -0.39 is 0 Å². The predicted octanol–water partition coefficient (Wildman–Crippen LogP) is 3.03. The first-order valence-corrected chi connectivity index (χ1v) is 7.45. The zero-order chi connectivity index (χ0) is 14.3. The molecule has 1 aromatic heterocycles. The van der Waals surface area contributed by atoms with Gasteiger partial charge in [-0.3, -0.25) is 0 Å². The van der Waals surface area contributed by atoms with Crippen LogP contribution in [0, 0.1) is 6.92 Å². The molecule has 0 saturated carbocycles. The summed E-state index contributed by atoms with van der Waals surface area (Å²) in [5, 5.41) is 2.08. The smallest absolute Gasteiger partial charge is 0.400 e. The van der Waals surface area contributed by atoms with Crippen molar-refractivity contribution in [2.24, 2.45) is 5.73 Å². The Morgan fingerprint density at radius 2 is 1.89 bits per heavy atom. The normalized spacial score (nSPS) is 22.0. The molecule has 0 radical (unpaired) electrons. The van der Waals surface area contributed by atoms with Gasteiger partial charge in [-0.1, -0.05) is 6.08 Å². The third-order valence-electron chi connectivity index (χ3n) is 4.03. The number of hydrogen-bond donors (Lipinski definition) is 1. The molecule has 0 bridgehead atoms.